The molecule has 1 aliphatic heterocycles. The highest BCUT2D eigenvalue weighted by Gasteiger charge is 2.32. The molecule has 0 amide bonds. The summed E-state index contributed by atoms with van der Waals surface area (Å²) >= 11 is 0. The van der Waals surface area contributed by atoms with Crippen molar-refractivity contribution in [2.75, 3.05) is 6.61 Å². The number of nitrogens with two attached hydrogens (primary N) is 1. The fourth-order valence-electron chi connectivity index (χ4n) is 2.18. The highest BCUT2D eigenvalue weighted by atomic mass is 16.5. The van der Waals surface area contributed by atoms with Gasteiger partial charge in [0.05, 0.1) is 12.1 Å². The predicted octanol–water partition coefficient (Wildman–Crippen LogP) is 1.62. The summed E-state index contributed by atoms with van der Waals surface area (Å²) in [5.41, 5.74) is 4.06. The molecule has 1 fully saturated rings. The Kier molecular flexibility index (Phi) is 3.36. The zero-order valence-corrected chi connectivity index (χ0v) is 9.02. The van der Waals surface area contributed by atoms with Crippen LogP contribution in [0.3, 0.4) is 0 Å². The molecule has 3 nitrogen and oxygen atoms in total. The van der Waals surface area contributed by atoms with Gasteiger partial charge in [0.2, 0.25) is 0 Å². The van der Waals surface area contributed by atoms with Crippen molar-refractivity contribution in [3.05, 3.63) is 35.9 Å². The van der Waals surface area contributed by atoms with Gasteiger partial charge in [-0.3, -0.25) is 11.3 Å². The lowest BCUT2D eigenvalue weighted by Crippen LogP contribution is -2.38. The van der Waals surface area contributed by atoms with E-state index in [1.807, 2.05) is 18.2 Å². The summed E-state index contributed by atoms with van der Waals surface area (Å²) in [5, 5.41) is 0. The van der Waals surface area contributed by atoms with E-state index >= 15 is 0 Å². The van der Waals surface area contributed by atoms with Crippen LogP contribution in [0.4, 0.5) is 0 Å². The molecule has 82 valence electrons. The van der Waals surface area contributed by atoms with Crippen LogP contribution in [0.25, 0.3) is 0 Å². The zero-order valence-electron chi connectivity index (χ0n) is 9.02. The highest BCUT2D eigenvalue weighted by Crippen LogP contribution is 2.30. The molecule has 3 N–H and O–H groups in total. The van der Waals surface area contributed by atoms with Gasteiger partial charge >= 0.3 is 0 Å². The molecule has 1 saturated heterocycles. The molecule has 0 saturated carbocycles. The van der Waals surface area contributed by atoms with Crippen LogP contribution >= 0.6 is 0 Å². The van der Waals surface area contributed by atoms with E-state index in [0.717, 1.165) is 13.0 Å². The third-order valence-electron chi connectivity index (χ3n) is 3.11. The van der Waals surface area contributed by atoms with E-state index in [-0.39, 0.29) is 12.1 Å². The molecule has 1 aromatic carbocycles. The lowest BCUT2D eigenvalue weighted by Gasteiger charge is -2.25. The van der Waals surface area contributed by atoms with Crippen LogP contribution in [0.5, 0.6) is 0 Å². The average Bonchev–Trinajstić information content (AvgIpc) is 2.68. The number of ether oxygens (including phenoxy) is 1. The number of rotatable bonds is 3. The molecule has 1 aliphatic rings. The van der Waals surface area contributed by atoms with E-state index in [1.165, 1.54) is 5.56 Å². The van der Waals surface area contributed by atoms with Crippen LogP contribution in [0.2, 0.25) is 0 Å². The Labute approximate surface area is 90.6 Å². The van der Waals surface area contributed by atoms with Gasteiger partial charge in [-0.05, 0) is 17.9 Å². The minimum absolute atomic E-state index is 0.101. The lowest BCUT2D eigenvalue weighted by atomic mass is 9.93. The summed E-state index contributed by atoms with van der Waals surface area (Å²) in [4.78, 5) is 0. The molecule has 3 heteroatoms. The Morgan fingerprint density at radius 2 is 2.13 bits per heavy atom. The standard InChI is InChI=1S/C12H18N2O/c1-9-7-8-15-12(9)11(14-13)10-5-3-2-4-6-10/h2-6,9,11-12,14H,7-8,13H2,1H3. The van der Waals surface area contributed by atoms with Crippen molar-refractivity contribution in [3.63, 3.8) is 0 Å². The number of hydrogen-bond acceptors (Lipinski definition) is 3. The fourth-order valence-corrected chi connectivity index (χ4v) is 2.18. The Morgan fingerprint density at radius 1 is 1.40 bits per heavy atom. The van der Waals surface area contributed by atoms with Crippen LogP contribution in [-0.4, -0.2) is 12.7 Å². The van der Waals surface area contributed by atoms with Crippen LogP contribution in [-0.2, 0) is 4.74 Å². The molecule has 0 spiro atoms. The van der Waals surface area contributed by atoms with Crippen LogP contribution in [0.1, 0.15) is 24.9 Å². The third-order valence-corrected chi connectivity index (χ3v) is 3.11. The van der Waals surface area contributed by atoms with Gasteiger partial charge in [-0.15, -0.1) is 0 Å². The van der Waals surface area contributed by atoms with Crippen molar-refractivity contribution in [3.8, 4) is 0 Å². The third kappa shape index (κ3) is 2.20. The summed E-state index contributed by atoms with van der Waals surface area (Å²) < 4.78 is 5.73. The van der Waals surface area contributed by atoms with E-state index in [1.54, 1.807) is 0 Å². The quantitative estimate of drug-likeness (QED) is 0.583. The Morgan fingerprint density at radius 3 is 2.67 bits per heavy atom. The summed E-state index contributed by atoms with van der Waals surface area (Å²) in [7, 11) is 0. The highest BCUT2D eigenvalue weighted by molar-refractivity contribution is 5.20. The first-order valence-electron chi connectivity index (χ1n) is 5.45. The molecule has 0 aromatic heterocycles. The van der Waals surface area contributed by atoms with E-state index in [4.69, 9.17) is 10.6 Å². The van der Waals surface area contributed by atoms with E-state index < -0.39 is 0 Å². The van der Waals surface area contributed by atoms with Gasteiger partial charge in [-0.1, -0.05) is 37.3 Å². The normalized spacial score (nSPS) is 27.9. The SMILES string of the molecule is CC1CCOC1C(NN)c1ccccc1. The molecule has 2 rings (SSSR count). The second-order valence-electron chi connectivity index (χ2n) is 4.16. The van der Waals surface area contributed by atoms with Gasteiger partial charge in [0.25, 0.3) is 0 Å². The minimum Gasteiger partial charge on any atom is -0.376 e. The maximum Gasteiger partial charge on any atom is 0.0808 e. The van der Waals surface area contributed by atoms with Gasteiger partial charge in [-0.25, -0.2) is 0 Å². The van der Waals surface area contributed by atoms with Crippen molar-refractivity contribution >= 4 is 0 Å². The van der Waals surface area contributed by atoms with Crippen molar-refractivity contribution in [2.45, 2.75) is 25.5 Å². The monoisotopic (exact) mass is 206 g/mol. The zero-order chi connectivity index (χ0) is 10.7. The van der Waals surface area contributed by atoms with Crippen molar-refractivity contribution in [1.29, 1.82) is 0 Å². The van der Waals surface area contributed by atoms with Crippen molar-refractivity contribution in [2.24, 2.45) is 11.8 Å². The predicted molar refractivity (Wildman–Crippen MR) is 60.0 cm³/mol. The van der Waals surface area contributed by atoms with Gasteiger partial charge in [-0.2, -0.15) is 0 Å². The van der Waals surface area contributed by atoms with Crippen molar-refractivity contribution in [1.82, 2.24) is 5.43 Å². The summed E-state index contributed by atoms with van der Waals surface area (Å²) in [5.74, 6) is 6.18. The van der Waals surface area contributed by atoms with E-state index in [2.05, 4.69) is 24.5 Å². The van der Waals surface area contributed by atoms with E-state index in [9.17, 15) is 0 Å². The number of nitrogens with one attached hydrogen (secondary N) is 1. The van der Waals surface area contributed by atoms with Gasteiger partial charge < -0.3 is 4.74 Å². The molecule has 15 heavy (non-hydrogen) atoms. The Hall–Kier alpha value is -0.900. The maximum atomic E-state index is 5.73. The molecular formula is C12H18N2O. The number of hydrazine groups is 1. The van der Waals surface area contributed by atoms with E-state index in [0.29, 0.717) is 5.92 Å². The fraction of sp³-hybridized carbons (Fsp3) is 0.500. The van der Waals surface area contributed by atoms with Crippen LogP contribution in [0.15, 0.2) is 30.3 Å². The summed E-state index contributed by atoms with van der Waals surface area (Å²) in [6.45, 7) is 3.06. The Balaban J connectivity index is 2.17. The first-order valence-corrected chi connectivity index (χ1v) is 5.45. The van der Waals surface area contributed by atoms with Crippen LogP contribution < -0.4 is 11.3 Å². The van der Waals surface area contributed by atoms with Crippen LogP contribution in [0, 0.1) is 5.92 Å². The molecule has 0 aliphatic carbocycles. The molecule has 1 aromatic rings. The summed E-state index contributed by atoms with van der Waals surface area (Å²) in [6, 6.07) is 10.3. The first-order chi connectivity index (χ1) is 7.33. The first kappa shape index (κ1) is 10.6. The lowest BCUT2D eigenvalue weighted by molar-refractivity contribution is 0.0607. The van der Waals surface area contributed by atoms with Crippen molar-refractivity contribution < 1.29 is 4.74 Å². The van der Waals surface area contributed by atoms with Gasteiger partial charge in [0.1, 0.15) is 0 Å². The molecule has 3 atom stereocenters. The second-order valence-corrected chi connectivity index (χ2v) is 4.16. The van der Waals surface area contributed by atoms with Gasteiger partial charge in [0.15, 0.2) is 0 Å². The Bertz CT molecular complexity index is 302. The van der Waals surface area contributed by atoms with Gasteiger partial charge in [0, 0.05) is 6.61 Å². The topological polar surface area (TPSA) is 47.3 Å². The molecule has 0 bridgehead atoms. The number of benzene rings is 1. The maximum absolute atomic E-state index is 5.73. The smallest absolute Gasteiger partial charge is 0.0808 e. The average molecular weight is 206 g/mol. The molecule has 3 unspecified atom stereocenters. The molecular weight excluding hydrogens is 188 g/mol. The number of hydrogen-bond donors (Lipinski definition) is 2. The molecule has 1 heterocycles. The minimum atomic E-state index is 0.101. The molecule has 0 radical (unpaired) electrons. The second kappa shape index (κ2) is 4.75. The largest absolute Gasteiger partial charge is 0.376 e. The summed E-state index contributed by atoms with van der Waals surface area (Å²) in [6.07, 6.45) is 1.31.